The molecule has 0 saturated carbocycles. The molecule has 0 unspecified atom stereocenters. The molecule has 8 nitrogen and oxygen atoms in total. The zero-order valence-corrected chi connectivity index (χ0v) is 16.8. The van der Waals surface area contributed by atoms with Crippen LogP contribution in [0, 0.1) is 5.92 Å². The zero-order valence-electron chi connectivity index (χ0n) is 16.1. The van der Waals surface area contributed by atoms with Crippen molar-refractivity contribution >= 4 is 35.4 Å². The van der Waals surface area contributed by atoms with Gasteiger partial charge in [-0.3, -0.25) is 4.79 Å². The van der Waals surface area contributed by atoms with E-state index in [9.17, 15) is 14.4 Å². The molecule has 0 fully saturated rings. The summed E-state index contributed by atoms with van der Waals surface area (Å²) in [4.78, 5) is 40.1. The predicted molar refractivity (Wildman–Crippen MR) is 107 cm³/mol. The summed E-state index contributed by atoms with van der Waals surface area (Å²) < 4.78 is 10.1. The first-order valence-corrected chi connectivity index (χ1v) is 9.28. The van der Waals surface area contributed by atoms with Crippen LogP contribution in [-0.2, 0) is 25.7 Å². The number of anilines is 1. The number of nitrogens with zero attached hydrogens (tertiary/aromatic N) is 1. The number of benzene rings is 1. The van der Waals surface area contributed by atoms with Crippen molar-refractivity contribution in [1.82, 2.24) is 10.3 Å². The maximum atomic E-state index is 12.3. The third-order valence-electron chi connectivity index (χ3n) is 3.75. The number of rotatable bonds is 8. The lowest BCUT2D eigenvalue weighted by molar-refractivity contribution is -0.150. The molecular weight excluding hydrogens is 398 g/mol. The van der Waals surface area contributed by atoms with E-state index >= 15 is 0 Å². The highest BCUT2D eigenvalue weighted by Gasteiger charge is 2.27. The normalized spacial score (nSPS) is 11.4. The summed E-state index contributed by atoms with van der Waals surface area (Å²) >= 11 is 5.72. The highest BCUT2D eigenvalue weighted by molar-refractivity contribution is 6.30. The molecule has 29 heavy (non-hydrogen) atoms. The fourth-order valence-electron chi connectivity index (χ4n) is 2.24. The van der Waals surface area contributed by atoms with Crippen LogP contribution in [-0.4, -0.2) is 35.6 Å². The molecule has 154 valence electrons. The van der Waals surface area contributed by atoms with E-state index < -0.39 is 30.6 Å². The Morgan fingerprint density at radius 1 is 1.07 bits per heavy atom. The van der Waals surface area contributed by atoms with Crippen molar-refractivity contribution in [2.45, 2.75) is 26.5 Å². The summed E-state index contributed by atoms with van der Waals surface area (Å²) in [6.45, 7) is 3.03. The summed E-state index contributed by atoms with van der Waals surface area (Å²) in [5, 5.41) is 5.38. The lowest BCUT2D eigenvalue weighted by Crippen LogP contribution is -2.46. The number of alkyl carbamates (subject to hydrolysis) is 1. The largest absolute Gasteiger partial charge is 0.454 e. The minimum atomic E-state index is -0.959. The molecule has 0 spiro atoms. The number of esters is 1. The maximum Gasteiger partial charge on any atom is 0.408 e. The molecule has 0 saturated heterocycles. The molecule has 0 aliphatic rings. The van der Waals surface area contributed by atoms with E-state index in [0.717, 1.165) is 5.56 Å². The Kier molecular flexibility index (Phi) is 8.42. The zero-order chi connectivity index (χ0) is 21.2. The minimum absolute atomic E-state index is 0.0725. The third kappa shape index (κ3) is 7.79. The van der Waals surface area contributed by atoms with Crippen molar-refractivity contribution in [2.24, 2.45) is 5.92 Å². The molecule has 0 aliphatic heterocycles. The van der Waals surface area contributed by atoms with Crippen LogP contribution >= 0.6 is 11.6 Å². The van der Waals surface area contributed by atoms with Crippen LogP contribution in [0.3, 0.4) is 0 Å². The van der Waals surface area contributed by atoms with Crippen LogP contribution in [0.15, 0.2) is 48.7 Å². The summed E-state index contributed by atoms with van der Waals surface area (Å²) in [7, 11) is 0. The van der Waals surface area contributed by atoms with Gasteiger partial charge in [-0.05, 0) is 23.6 Å². The standard InChI is InChI=1S/C20H22ClN3O5/c1-13(2)18(24-20(27)29-11-14-6-4-3-5-7-14)19(26)28-12-17(25)23-16-9-8-15(21)10-22-16/h3-10,13,18H,11-12H2,1-2H3,(H,24,27)(H,22,23,25)/t18-/m0/s1. The van der Waals surface area contributed by atoms with E-state index in [0.29, 0.717) is 5.02 Å². The monoisotopic (exact) mass is 419 g/mol. The average molecular weight is 420 g/mol. The summed E-state index contributed by atoms with van der Waals surface area (Å²) in [5.41, 5.74) is 0.818. The van der Waals surface area contributed by atoms with Gasteiger partial charge in [0.15, 0.2) is 6.61 Å². The number of amides is 2. The average Bonchev–Trinajstić information content (AvgIpc) is 2.71. The molecule has 9 heteroatoms. The molecule has 0 bridgehead atoms. The fraction of sp³-hybridized carbons (Fsp3) is 0.300. The van der Waals surface area contributed by atoms with E-state index in [4.69, 9.17) is 21.1 Å². The van der Waals surface area contributed by atoms with Crippen molar-refractivity contribution in [3.63, 3.8) is 0 Å². The SMILES string of the molecule is CC(C)[C@H](NC(=O)OCc1ccccc1)C(=O)OCC(=O)Nc1ccc(Cl)cn1. The van der Waals surface area contributed by atoms with Crippen molar-refractivity contribution in [3.8, 4) is 0 Å². The van der Waals surface area contributed by atoms with Crippen LogP contribution < -0.4 is 10.6 Å². The predicted octanol–water partition coefficient (Wildman–Crippen LogP) is 3.17. The van der Waals surface area contributed by atoms with Gasteiger partial charge >= 0.3 is 12.1 Å². The van der Waals surface area contributed by atoms with Gasteiger partial charge in [0.2, 0.25) is 0 Å². The number of ether oxygens (including phenoxy) is 2. The van der Waals surface area contributed by atoms with Gasteiger partial charge in [-0.2, -0.15) is 0 Å². The Balaban J connectivity index is 1.80. The van der Waals surface area contributed by atoms with E-state index in [1.165, 1.54) is 12.3 Å². The molecule has 0 aliphatic carbocycles. The Hall–Kier alpha value is -3.13. The van der Waals surface area contributed by atoms with E-state index in [-0.39, 0.29) is 18.3 Å². The van der Waals surface area contributed by atoms with Gasteiger partial charge < -0.3 is 20.1 Å². The Morgan fingerprint density at radius 3 is 2.41 bits per heavy atom. The van der Waals surface area contributed by atoms with Crippen LogP contribution in [0.4, 0.5) is 10.6 Å². The smallest absolute Gasteiger partial charge is 0.408 e. The second-order valence-electron chi connectivity index (χ2n) is 6.45. The summed E-state index contributed by atoms with van der Waals surface area (Å²) in [6.07, 6.45) is 0.627. The van der Waals surface area contributed by atoms with Gasteiger partial charge in [0.05, 0.1) is 5.02 Å². The number of hydrogen-bond donors (Lipinski definition) is 2. The first kappa shape index (κ1) is 22.2. The van der Waals surface area contributed by atoms with Crippen molar-refractivity contribution in [2.75, 3.05) is 11.9 Å². The van der Waals surface area contributed by atoms with Crippen LogP contribution in [0.5, 0.6) is 0 Å². The molecular formula is C20H22ClN3O5. The Morgan fingerprint density at radius 2 is 1.79 bits per heavy atom. The minimum Gasteiger partial charge on any atom is -0.454 e. The van der Waals surface area contributed by atoms with Gasteiger partial charge in [-0.15, -0.1) is 0 Å². The number of pyridine rings is 1. The lowest BCUT2D eigenvalue weighted by atomic mass is 10.1. The number of halogens is 1. The van der Waals surface area contributed by atoms with Crippen molar-refractivity contribution in [1.29, 1.82) is 0 Å². The Bertz CT molecular complexity index is 828. The number of carbonyl (C=O) groups is 3. The highest BCUT2D eigenvalue weighted by Crippen LogP contribution is 2.10. The second kappa shape index (κ2) is 11.0. The molecule has 1 aromatic heterocycles. The molecule has 1 heterocycles. The number of nitrogens with one attached hydrogen (secondary N) is 2. The van der Waals surface area contributed by atoms with Gasteiger partial charge in [0, 0.05) is 6.20 Å². The van der Waals surface area contributed by atoms with Gasteiger partial charge in [0.1, 0.15) is 18.5 Å². The third-order valence-corrected chi connectivity index (χ3v) is 3.97. The number of carbonyl (C=O) groups excluding carboxylic acids is 3. The molecule has 2 rings (SSSR count). The molecule has 2 amide bonds. The van der Waals surface area contributed by atoms with E-state index in [2.05, 4.69) is 15.6 Å². The van der Waals surface area contributed by atoms with Gasteiger partial charge in [-0.25, -0.2) is 14.6 Å². The van der Waals surface area contributed by atoms with Crippen LogP contribution in [0.1, 0.15) is 19.4 Å². The van der Waals surface area contributed by atoms with Crippen molar-refractivity contribution < 1.29 is 23.9 Å². The molecule has 1 aromatic carbocycles. The molecule has 2 aromatic rings. The van der Waals surface area contributed by atoms with Gasteiger partial charge in [-0.1, -0.05) is 55.8 Å². The van der Waals surface area contributed by atoms with E-state index in [1.54, 1.807) is 19.9 Å². The molecule has 1 atom stereocenters. The molecule has 0 radical (unpaired) electrons. The highest BCUT2D eigenvalue weighted by atomic mass is 35.5. The van der Waals surface area contributed by atoms with Crippen LogP contribution in [0.25, 0.3) is 0 Å². The topological polar surface area (TPSA) is 107 Å². The Labute approximate surface area is 173 Å². The second-order valence-corrected chi connectivity index (χ2v) is 6.88. The van der Waals surface area contributed by atoms with Gasteiger partial charge in [0.25, 0.3) is 5.91 Å². The molecule has 2 N–H and O–H groups in total. The van der Waals surface area contributed by atoms with Crippen LogP contribution in [0.2, 0.25) is 5.02 Å². The summed E-state index contributed by atoms with van der Waals surface area (Å²) in [5.74, 6) is -1.30. The quantitative estimate of drug-likeness (QED) is 0.636. The van der Waals surface area contributed by atoms with Crippen molar-refractivity contribution in [3.05, 3.63) is 59.2 Å². The first-order valence-electron chi connectivity index (χ1n) is 8.90. The number of aromatic nitrogens is 1. The summed E-state index contributed by atoms with van der Waals surface area (Å²) in [6, 6.07) is 11.3. The first-order chi connectivity index (χ1) is 13.8. The number of hydrogen-bond acceptors (Lipinski definition) is 6. The lowest BCUT2D eigenvalue weighted by Gasteiger charge is -2.20. The maximum absolute atomic E-state index is 12.3. The fourth-order valence-corrected chi connectivity index (χ4v) is 2.36. The van der Waals surface area contributed by atoms with E-state index in [1.807, 2.05) is 30.3 Å².